The first-order valence-corrected chi connectivity index (χ1v) is 10.4. The van der Waals surface area contributed by atoms with Crippen LogP contribution in [0.4, 0.5) is 0 Å². The summed E-state index contributed by atoms with van der Waals surface area (Å²) in [4.78, 5) is 18.1. The van der Waals surface area contributed by atoms with E-state index in [1.165, 1.54) is 0 Å². The highest BCUT2D eigenvalue weighted by Gasteiger charge is 2.10. The molecule has 0 fully saturated rings. The van der Waals surface area contributed by atoms with Crippen molar-refractivity contribution in [2.75, 3.05) is 27.7 Å². The van der Waals surface area contributed by atoms with Crippen molar-refractivity contribution >= 4 is 35.8 Å². The monoisotopic (exact) mass is 546 g/mol. The first kappa shape index (κ1) is 25.4. The normalized spacial score (nSPS) is 11.9. The molecular weight excluding hydrogens is 515 g/mol. The van der Waals surface area contributed by atoms with Crippen molar-refractivity contribution in [2.45, 2.75) is 19.4 Å². The lowest BCUT2D eigenvalue weighted by atomic mass is 10.1. The van der Waals surface area contributed by atoms with Crippen LogP contribution in [0.3, 0.4) is 0 Å². The molecule has 0 aliphatic rings. The molecule has 2 N–H and O–H groups in total. The van der Waals surface area contributed by atoms with E-state index < -0.39 is 0 Å². The van der Waals surface area contributed by atoms with Gasteiger partial charge in [-0.3, -0.25) is 9.79 Å². The van der Waals surface area contributed by atoms with Gasteiger partial charge in [-0.2, -0.15) is 5.10 Å². The van der Waals surface area contributed by atoms with E-state index in [0.29, 0.717) is 12.1 Å². The van der Waals surface area contributed by atoms with Crippen molar-refractivity contribution in [2.24, 2.45) is 4.99 Å². The second-order valence-electron chi connectivity index (χ2n) is 7.56. The summed E-state index contributed by atoms with van der Waals surface area (Å²) < 4.78 is 1.85. The van der Waals surface area contributed by atoms with Crippen molar-refractivity contribution in [3.05, 3.63) is 83.7 Å². The Morgan fingerprint density at radius 2 is 1.94 bits per heavy atom. The summed E-state index contributed by atoms with van der Waals surface area (Å²) in [6.07, 6.45) is 4.49. The van der Waals surface area contributed by atoms with Crippen molar-refractivity contribution < 1.29 is 4.79 Å². The van der Waals surface area contributed by atoms with Crippen LogP contribution in [-0.4, -0.2) is 54.2 Å². The van der Waals surface area contributed by atoms with Crippen LogP contribution in [-0.2, 0) is 6.42 Å². The van der Waals surface area contributed by atoms with Gasteiger partial charge in [0.1, 0.15) is 0 Å². The molecule has 0 radical (unpaired) electrons. The van der Waals surface area contributed by atoms with E-state index in [9.17, 15) is 4.79 Å². The molecule has 1 amide bonds. The molecular formula is C24H31IN6O. The van der Waals surface area contributed by atoms with Gasteiger partial charge in [-0.15, -0.1) is 24.0 Å². The molecule has 3 aromatic rings. The minimum absolute atomic E-state index is 0. The molecule has 0 aliphatic carbocycles. The number of aromatic nitrogens is 2. The number of benzene rings is 2. The van der Waals surface area contributed by atoms with E-state index in [4.69, 9.17) is 0 Å². The van der Waals surface area contributed by atoms with Crippen molar-refractivity contribution in [1.29, 1.82) is 0 Å². The van der Waals surface area contributed by atoms with E-state index in [1.54, 1.807) is 32.2 Å². The number of hydrogen-bond donors (Lipinski definition) is 2. The van der Waals surface area contributed by atoms with Gasteiger partial charge in [-0.1, -0.05) is 24.3 Å². The Balaban J connectivity index is 0.00000363. The zero-order chi connectivity index (χ0) is 22.2. The molecule has 3 rings (SSSR count). The van der Waals surface area contributed by atoms with Gasteiger partial charge in [-0.05, 0) is 54.8 Å². The molecule has 1 aromatic heterocycles. The lowest BCUT2D eigenvalue weighted by Crippen LogP contribution is -2.39. The van der Waals surface area contributed by atoms with Crippen LogP contribution >= 0.6 is 24.0 Å². The Morgan fingerprint density at radius 1 is 1.16 bits per heavy atom. The molecule has 0 aliphatic heterocycles. The molecule has 0 bridgehead atoms. The Morgan fingerprint density at radius 3 is 2.62 bits per heavy atom. The number of guanidine groups is 1. The molecule has 8 heteroatoms. The van der Waals surface area contributed by atoms with Crippen LogP contribution in [0.5, 0.6) is 0 Å². The molecule has 1 heterocycles. The number of hydrogen-bond acceptors (Lipinski definition) is 3. The zero-order valence-electron chi connectivity index (χ0n) is 18.9. The fraction of sp³-hybridized carbons (Fsp3) is 0.292. The van der Waals surface area contributed by atoms with Gasteiger partial charge in [0.15, 0.2) is 5.96 Å². The molecule has 0 spiro atoms. The lowest BCUT2D eigenvalue weighted by Gasteiger charge is -2.19. The SMILES string of the molecule is CN=C(NCCc1cccc(C(=O)N(C)C)c1)NC(C)c1cccc(-n2cccn2)c1.I. The topological polar surface area (TPSA) is 74.6 Å². The summed E-state index contributed by atoms with van der Waals surface area (Å²) in [5, 5.41) is 11.1. The van der Waals surface area contributed by atoms with Crippen LogP contribution in [0, 0.1) is 0 Å². The number of nitrogens with zero attached hydrogens (tertiary/aromatic N) is 4. The summed E-state index contributed by atoms with van der Waals surface area (Å²) in [5.74, 6) is 0.746. The quantitative estimate of drug-likeness (QED) is 0.270. The van der Waals surface area contributed by atoms with Crippen molar-refractivity contribution in [3.63, 3.8) is 0 Å². The number of aliphatic imine (C=N–C) groups is 1. The fourth-order valence-corrected chi connectivity index (χ4v) is 3.28. The number of carbonyl (C=O) groups excluding carboxylic acids is 1. The zero-order valence-corrected chi connectivity index (χ0v) is 21.3. The van der Waals surface area contributed by atoms with E-state index in [0.717, 1.165) is 29.2 Å². The molecule has 1 unspecified atom stereocenters. The van der Waals surface area contributed by atoms with Crippen LogP contribution in [0.2, 0.25) is 0 Å². The average molecular weight is 546 g/mol. The third-order valence-corrected chi connectivity index (χ3v) is 5.00. The first-order chi connectivity index (χ1) is 15.0. The highest BCUT2D eigenvalue weighted by Crippen LogP contribution is 2.16. The van der Waals surface area contributed by atoms with Crippen LogP contribution in [0.15, 0.2) is 72.0 Å². The maximum atomic E-state index is 12.2. The average Bonchev–Trinajstić information content (AvgIpc) is 3.33. The Labute approximate surface area is 206 Å². The van der Waals surface area contributed by atoms with E-state index >= 15 is 0 Å². The minimum atomic E-state index is 0. The standard InChI is InChI=1S/C24H30N6O.HI/c1-18(20-9-6-11-22(17-20)30-15-7-13-27-30)28-24(25-2)26-14-12-19-8-5-10-21(16-19)23(31)29(3)4;/h5-11,13,15-18H,12,14H2,1-4H3,(H2,25,26,28);1H. The third-order valence-electron chi connectivity index (χ3n) is 5.00. The fourth-order valence-electron chi connectivity index (χ4n) is 3.28. The number of nitrogens with one attached hydrogen (secondary N) is 2. The molecule has 170 valence electrons. The van der Waals surface area contributed by atoms with Gasteiger partial charge in [0.2, 0.25) is 0 Å². The van der Waals surface area contributed by atoms with Gasteiger partial charge >= 0.3 is 0 Å². The van der Waals surface area contributed by atoms with Gasteiger partial charge in [-0.25, -0.2) is 4.68 Å². The Kier molecular flexibility index (Phi) is 9.70. The van der Waals surface area contributed by atoms with Gasteiger partial charge < -0.3 is 15.5 Å². The molecule has 1 atom stereocenters. The maximum Gasteiger partial charge on any atom is 0.253 e. The van der Waals surface area contributed by atoms with E-state index in [1.807, 2.05) is 53.3 Å². The van der Waals surface area contributed by atoms with Gasteiger partial charge in [0.05, 0.1) is 11.7 Å². The predicted octanol–water partition coefficient (Wildman–Crippen LogP) is 3.66. The molecule has 0 saturated heterocycles. The number of halogens is 1. The third kappa shape index (κ3) is 6.81. The van der Waals surface area contributed by atoms with Crippen LogP contribution in [0.1, 0.15) is 34.5 Å². The molecule has 2 aromatic carbocycles. The summed E-state index contributed by atoms with van der Waals surface area (Å²) in [6, 6.07) is 18.0. The Hall–Kier alpha value is -2.88. The predicted molar refractivity (Wildman–Crippen MR) is 140 cm³/mol. The minimum Gasteiger partial charge on any atom is -0.356 e. The maximum absolute atomic E-state index is 12.2. The first-order valence-electron chi connectivity index (χ1n) is 10.4. The number of carbonyl (C=O) groups is 1. The second-order valence-corrected chi connectivity index (χ2v) is 7.56. The summed E-state index contributed by atoms with van der Waals surface area (Å²) >= 11 is 0. The van der Waals surface area contributed by atoms with Gasteiger partial charge in [0, 0.05) is 45.6 Å². The summed E-state index contributed by atoms with van der Waals surface area (Å²) in [6.45, 7) is 2.81. The summed E-state index contributed by atoms with van der Waals surface area (Å²) in [5.41, 5.74) is 3.98. The van der Waals surface area contributed by atoms with E-state index in [2.05, 4.69) is 39.8 Å². The van der Waals surface area contributed by atoms with E-state index in [-0.39, 0.29) is 35.9 Å². The Bertz CT molecular complexity index is 1030. The van der Waals surface area contributed by atoms with Crippen molar-refractivity contribution in [3.8, 4) is 5.69 Å². The second kappa shape index (κ2) is 12.2. The smallest absolute Gasteiger partial charge is 0.253 e. The van der Waals surface area contributed by atoms with Crippen LogP contribution < -0.4 is 10.6 Å². The van der Waals surface area contributed by atoms with Gasteiger partial charge in [0.25, 0.3) is 5.91 Å². The number of amides is 1. The molecule has 0 saturated carbocycles. The lowest BCUT2D eigenvalue weighted by molar-refractivity contribution is 0.0827. The summed E-state index contributed by atoms with van der Waals surface area (Å²) in [7, 11) is 5.29. The van der Waals surface area contributed by atoms with Crippen molar-refractivity contribution in [1.82, 2.24) is 25.3 Å². The van der Waals surface area contributed by atoms with Crippen LogP contribution in [0.25, 0.3) is 5.69 Å². The number of rotatable bonds is 7. The highest BCUT2D eigenvalue weighted by atomic mass is 127. The largest absolute Gasteiger partial charge is 0.356 e. The highest BCUT2D eigenvalue weighted by molar-refractivity contribution is 14.0. The molecule has 7 nitrogen and oxygen atoms in total. The molecule has 32 heavy (non-hydrogen) atoms.